The maximum Gasteiger partial charge on any atom is 0.417 e. The van der Waals surface area contributed by atoms with Gasteiger partial charge in [-0.05, 0) is 36.2 Å². The Morgan fingerprint density at radius 2 is 1.78 bits per heavy atom. The van der Waals surface area contributed by atoms with Crippen molar-refractivity contribution in [1.82, 2.24) is 0 Å². The van der Waals surface area contributed by atoms with Crippen molar-refractivity contribution in [2.45, 2.75) is 35.4 Å². The van der Waals surface area contributed by atoms with Gasteiger partial charge in [0.1, 0.15) is 0 Å². The molecule has 144 valence electrons. The van der Waals surface area contributed by atoms with Gasteiger partial charge in [0.15, 0.2) is 0 Å². The molecule has 2 aromatic carbocycles. The molecule has 1 aliphatic rings. The number of nitrogens with zero attached hydrogens (tertiary/aromatic N) is 1. The Labute approximate surface area is 154 Å². The van der Waals surface area contributed by atoms with Gasteiger partial charge in [0.2, 0.25) is 15.7 Å². The predicted molar refractivity (Wildman–Crippen MR) is 90.8 cm³/mol. The summed E-state index contributed by atoms with van der Waals surface area (Å²) in [7, 11) is -4.53. The van der Waals surface area contributed by atoms with Crippen LogP contribution in [0.15, 0.2) is 52.3 Å². The lowest BCUT2D eigenvalue weighted by Gasteiger charge is -2.20. The fourth-order valence-corrected chi connectivity index (χ4v) is 4.76. The zero-order chi connectivity index (χ0) is 19.8. The van der Waals surface area contributed by atoms with E-state index >= 15 is 0 Å². The number of anilines is 1. The van der Waals surface area contributed by atoms with Crippen LogP contribution < -0.4 is 4.90 Å². The third-order valence-corrected chi connectivity index (χ3v) is 6.29. The smallest absolute Gasteiger partial charge is 0.392 e. The van der Waals surface area contributed by atoms with Crippen LogP contribution in [0.2, 0.25) is 0 Å². The molecule has 1 saturated heterocycles. The number of benzene rings is 2. The third-order valence-electron chi connectivity index (χ3n) is 4.38. The number of hydrogen-bond acceptors (Lipinski definition) is 4. The zero-order valence-electron chi connectivity index (χ0n) is 14.0. The Morgan fingerprint density at radius 3 is 2.37 bits per heavy atom. The molecule has 27 heavy (non-hydrogen) atoms. The van der Waals surface area contributed by atoms with Gasteiger partial charge in [-0.2, -0.15) is 13.2 Å². The SMILES string of the molecule is O=C1CCCN1c1ccc(S(=O)(=O)c2ccccc2CO)c(C(F)(F)F)c1. The van der Waals surface area contributed by atoms with E-state index in [-0.39, 0.29) is 35.0 Å². The van der Waals surface area contributed by atoms with Gasteiger partial charge in [-0.1, -0.05) is 18.2 Å². The summed E-state index contributed by atoms with van der Waals surface area (Å²) in [5, 5.41) is 9.34. The van der Waals surface area contributed by atoms with Crippen LogP contribution in [-0.4, -0.2) is 26.0 Å². The summed E-state index contributed by atoms with van der Waals surface area (Å²) in [4.78, 5) is 11.7. The number of aliphatic hydroxyl groups is 1. The maximum absolute atomic E-state index is 13.6. The monoisotopic (exact) mass is 399 g/mol. The molecular formula is C18H16F3NO4S. The Morgan fingerprint density at radius 1 is 1.07 bits per heavy atom. The predicted octanol–water partition coefficient (Wildman–Crippen LogP) is 3.16. The van der Waals surface area contributed by atoms with E-state index in [9.17, 15) is 31.5 Å². The second kappa shape index (κ2) is 6.97. The number of rotatable bonds is 4. The van der Waals surface area contributed by atoms with Crippen LogP contribution in [0.5, 0.6) is 0 Å². The van der Waals surface area contributed by atoms with Crippen LogP contribution in [0.4, 0.5) is 18.9 Å². The molecule has 0 unspecified atom stereocenters. The van der Waals surface area contributed by atoms with E-state index in [0.29, 0.717) is 12.5 Å². The van der Waals surface area contributed by atoms with Crippen molar-refractivity contribution in [3.05, 3.63) is 53.6 Å². The van der Waals surface area contributed by atoms with Crippen molar-refractivity contribution in [3.8, 4) is 0 Å². The lowest BCUT2D eigenvalue weighted by Crippen LogP contribution is -2.24. The number of halogens is 3. The van der Waals surface area contributed by atoms with Crippen LogP contribution in [-0.2, 0) is 27.4 Å². The lowest BCUT2D eigenvalue weighted by atomic mass is 10.2. The molecule has 1 aliphatic heterocycles. The molecule has 1 fully saturated rings. The number of hydrogen-bond donors (Lipinski definition) is 1. The Hall–Kier alpha value is -2.39. The van der Waals surface area contributed by atoms with E-state index < -0.39 is 33.1 Å². The van der Waals surface area contributed by atoms with Gasteiger partial charge < -0.3 is 10.0 Å². The molecule has 5 nitrogen and oxygen atoms in total. The molecule has 0 bridgehead atoms. The quantitative estimate of drug-likeness (QED) is 0.857. The molecule has 3 rings (SSSR count). The van der Waals surface area contributed by atoms with E-state index in [4.69, 9.17) is 0 Å². The van der Waals surface area contributed by atoms with E-state index in [2.05, 4.69) is 0 Å². The zero-order valence-corrected chi connectivity index (χ0v) is 14.8. The third kappa shape index (κ3) is 3.57. The minimum absolute atomic E-state index is 0.00409. The standard InChI is InChI=1S/C18H16F3NO4S/c19-18(20,21)14-10-13(22-9-3-6-17(22)24)7-8-16(14)27(25,26)15-5-2-1-4-12(15)11-23/h1-2,4-5,7-8,10,23H,3,6,9,11H2. The number of sulfone groups is 1. The summed E-state index contributed by atoms with van der Waals surface area (Å²) >= 11 is 0. The molecule has 0 radical (unpaired) electrons. The summed E-state index contributed by atoms with van der Waals surface area (Å²) in [6.45, 7) is -0.341. The van der Waals surface area contributed by atoms with Gasteiger partial charge in [-0.15, -0.1) is 0 Å². The summed E-state index contributed by atoms with van der Waals surface area (Å²) in [5.74, 6) is -0.302. The molecule has 9 heteroatoms. The summed E-state index contributed by atoms with van der Waals surface area (Å²) in [6, 6.07) is 8.10. The lowest BCUT2D eigenvalue weighted by molar-refractivity contribution is -0.139. The largest absolute Gasteiger partial charge is 0.417 e. The van der Waals surface area contributed by atoms with Gasteiger partial charge in [-0.25, -0.2) is 8.42 Å². The van der Waals surface area contributed by atoms with Gasteiger partial charge in [0.25, 0.3) is 0 Å². The second-order valence-electron chi connectivity index (χ2n) is 6.10. The van der Waals surface area contributed by atoms with Crippen molar-refractivity contribution in [1.29, 1.82) is 0 Å². The van der Waals surface area contributed by atoms with Gasteiger partial charge in [0, 0.05) is 18.7 Å². The van der Waals surface area contributed by atoms with Crippen molar-refractivity contribution in [3.63, 3.8) is 0 Å². The van der Waals surface area contributed by atoms with Crippen molar-refractivity contribution in [2.75, 3.05) is 11.4 Å². The fraction of sp³-hybridized carbons (Fsp3) is 0.278. The summed E-state index contributed by atoms with van der Waals surface area (Å²) < 4.78 is 66.6. The van der Waals surface area contributed by atoms with Gasteiger partial charge >= 0.3 is 6.18 Å². The molecule has 0 aromatic heterocycles. The van der Waals surface area contributed by atoms with Crippen molar-refractivity contribution < 1.29 is 31.5 Å². The molecule has 1 heterocycles. The Balaban J connectivity index is 2.19. The first-order valence-corrected chi connectivity index (χ1v) is 9.60. The highest BCUT2D eigenvalue weighted by atomic mass is 32.2. The van der Waals surface area contributed by atoms with Crippen LogP contribution in [0.25, 0.3) is 0 Å². The van der Waals surface area contributed by atoms with E-state index in [1.807, 2.05) is 0 Å². The topological polar surface area (TPSA) is 74.7 Å². The molecule has 1 N–H and O–H groups in total. The minimum atomic E-state index is -4.94. The maximum atomic E-state index is 13.6. The Kier molecular flexibility index (Phi) is 5.00. The fourth-order valence-electron chi connectivity index (χ4n) is 3.08. The van der Waals surface area contributed by atoms with Crippen molar-refractivity contribution in [2.24, 2.45) is 0 Å². The number of carbonyl (C=O) groups excluding carboxylic acids is 1. The first kappa shape index (κ1) is 19.4. The summed E-state index contributed by atoms with van der Waals surface area (Å²) in [5.41, 5.74) is -1.32. The minimum Gasteiger partial charge on any atom is -0.392 e. The number of amides is 1. The van der Waals surface area contributed by atoms with E-state index in [1.165, 1.54) is 29.2 Å². The normalized spacial score (nSPS) is 15.4. The highest BCUT2D eigenvalue weighted by Crippen LogP contribution is 2.39. The van der Waals surface area contributed by atoms with Gasteiger partial charge in [-0.3, -0.25) is 4.79 Å². The van der Waals surface area contributed by atoms with Crippen molar-refractivity contribution >= 4 is 21.4 Å². The van der Waals surface area contributed by atoms with Crippen LogP contribution in [0.3, 0.4) is 0 Å². The summed E-state index contributed by atoms with van der Waals surface area (Å²) in [6.07, 6.45) is -4.16. The van der Waals surface area contributed by atoms with Crippen LogP contribution in [0, 0.1) is 0 Å². The molecule has 2 aromatic rings. The van der Waals surface area contributed by atoms with Gasteiger partial charge in [0.05, 0.1) is 22.0 Å². The number of carbonyl (C=O) groups is 1. The average Bonchev–Trinajstić information content (AvgIpc) is 3.06. The first-order chi connectivity index (χ1) is 12.7. The molecule has 0 atom stereocenters. The second-order valence-corrected chi connectivity index (χ2v) is 7.98. The Bertz CT molecular complexity index is 986. The first-order valence-electron chi connectivity index (χ1n) is 8.11. The van der Waals surface area contributed by atoms with E-state index in [1.54, 1.807) is 0 Å². The highest BCUT2D eigenvalue weighted by molar-refractivity contribution is 7.91. The number of alkyl halides is 3. The van der Waals surface area contributed by atoms with Crippen LogP contribution >= 0.6 is 0 Å². The highest BCUT2D eigenvalue weighted by Gasteiger charge is 2.39. The molecular weight excluding hydrogens is 383 g/mol. The molecule has 0 spiro atoms. The van der Waals surface area contributed by atoms with E-state index in [0.717, 1.165) is 12.1 Å². The average molecular weight is 399 g/mol. The molecule has 1 amide bonds. The number of aliphatic hydroxyl groups excluding tert-OH is 1. The molecule has 0 saturated carbocycles. The van der Waals surface area contributed by atoms with Crippen LogP contribution in [0.1, 0.15) is 24.0 Å². The molecule has 0 aliphatic carbocycles.